The lowest BCUT2D eigenvalue weighted by Gasteiger charge is -2.34. The minimum absolute atomic E-state index is 0.112. The summed E-state index contributed by atoms with van der Waals surface area (Å²) in [6.45, 7) is 1.89. The van der Waals surface area contributed by atoms with Crippen LogP contribution in [0.2, 0.25) is 0 Å². The van der Waals surface area contributed by atoms with Crippen molar-refractivity contribution in [2.75, 3.05) is 65.0 Å². The summed E-state index contributed by atoms with van der Waals surface area (Å²) in [6, 6.07) is 30.0. The third-order valence-electron chi connectivity index (χ3n) is 14.4. The third-order valence-corrected chi connectivity index (χ3v) is 14.4. The summed E-state index contributed by atoms with van der Waals surface area (Å²) in [6.07, 6.45) is 6.64. The van der Waals surface area contributed by atoms with Gasteiger partial charge in [-0.15, -0.1) is 0 Å². The van der Waals surface area contributed by atoms with Crippen LogP contribution < -0.4 is 10.6 Å². The topological polar surface area (TPSA) is 172 Å². The Bertz CT molecular complexity index is 2530. The zero-order valence-electron chi connectivity index (χ0n) is 40.9. The Hall–Kier alpha value is -7.17. The molecule has 0 aliphatic carbocycles. The van der Waals surface area contributed by atoms with Gasteiger partial charge >= 0.3 is 0 Å². The Morgan fingerprint density at radius 1 is 0.507 bits per heavy atom. The van der Waals surface area contributed by atoms with E-state index in [1.807, 2.05) is 123 Å². The molecule has 0 bridgehead atoms. The van der Waals surface area contributed by atoms with Crippen LogP contribution >= 0.6 is 0 Å². The number of aromatic nitrogens is 1. The van der Waals surface area contributed by atoms with Crippen molar-refractivity contribution in [3.05, 3.63) is 127 Å². The molecule has 5 heterocycles. The quantitative estimate of drug-likeness (QED) is 0.126. The second kappa shape index (κ2) is 21.4. The molecule has 0 saturated carbocycles. The van der Waals surface area contributed by atoms with Gasteiger partial charge in [0.1, 0.15) is 36.3 Å². The SMILES string of the molecule is CN(C)[C@@H](C(=O)N1CCC[C@H]1C(=O)N1CCCC1C(=O)Nc1ccc(-c2cnc(-c3ccc(NC(=O)[C@@H]4CCCN4C(=O)[C@@H]4CCCN4C(=O)[C@@H](c4ccccc4)N(C)C)cc3)o2)cc1)c1ccccc1. The lowest BCUT2D eigenvalue weighted by Crippen LogP contribution is -2.53. The number of nitrogens with one attached hydrogen (secondary N) is 2. The third kappa shape index (κ3) is 10.4. The number of oxazole rings is 1. The fraction of sp³-hybridized carbons (Fsp3) is 0.400. The minimum atomic E-state index is -0.650. The smallest absolute Gasteiger partial charge is 0.247 e. The Morgan fingerprint density at radius 3 is 1.30 bits per heavy atom. The van der Waals surface area contributed by atoms with Gasteiger partial charge in [0, 0.05) is 48.7 Å². The molecule has 16 heteroatoms. The van der Waals surface area contributed by atoms with Crippen LogP contribution in [0.3, 0.4) is 0 Å². The van der Waals surface area contributed by atoms with Crippen LogP contribution in [-0.4, -0.2) is 148 Å². The maximum atomic E-state index is 14.1. The number of anilines is 2. The van der Waals surface area contributed by atoms with Gasteiger partial charge in [-0.3, -0.25) is 38.6 Å². The highest BCUT2D eigenvalue weighted by Gasteiger charge is 2.46. The summed E-state index contributed by atoms with van der Waals surface area (Å²) in [5, 5.41) is 6.00. The molecule has 71 heavy (non-hydrogen) atoms. The number of likely N-dealkylation sites (tertiary alicyclic amines) is 4. The summed E-state index contributed by atoms with van der Waals surface area (Å²) in [7, 11) is 7.47. The van der Waals surface area contributed by atoms with E-state index in [0.717, 1.165) is 29.5 Å². The minimum Gasteiger partial charge on any atom is -0.436 e. The molecule has 4 saturated heterocycles. The molecule has 2 N–H and O–H groups in total. The molecule has 4 aliphatic rings. The molecule has 0 radical (unpaired) electrons. The average Bonchev–Trinajstić information content (AvgIpc) is 4.25. The lowest BCUT2D eigenvalue weighted by atomic mass is 10.0. The van der Waals surface area contributed by atoms with Crippen LogP contribution in [0, 0.1) is 0 Å². The fourth-order valence-corrected chi connectivity index (χ4v) is 10.9. The molecule has 6 atom stereocenters. The van der Waals surface area contributed by atoms with E-state index >= 15 is 0 Å². The standard InChI is InChI=1S/C55H63N9O7/c1-59(2)47(37-15-7-5-8-16-37)54(69)63-33-13-21-44(63)52(67)61-31-11-19-42(61)49(65)57-40-27-23-36(24-28-40)46-35-56-51(71-46)39-25-29-41(30-26-39)58-50(66)43-20-12-32-62(43)53(68)45-22-14-34-64(45)55(70)48(60(3)4)38-17-9-6-10-18-38/h5-10,15-18,23-30,35,42-45,47-48H,11-14,19-22,31-34H2,1-4H3,(H,57,65)(H,58,66)/t42?,43-,44-,45-,47+,48+/m0/s1. The first-order valence-corrected chi connectivity index (χ1v) is 24.8. The fourth-order valence-electron chi connectivity index (χ4n) is 10.9. The number of nitrogens with zero attached hydrogens (tertiary/aromatic N) is 7. The number of carbonyl (C=O) groups is 6. The molecule has 6 amide bonds. The molecule has 0 spiro atoms. The van der Waals surface area contributed by atoms with E-state index in [4.69, 9.17) is 4.42 Å². The number of rotatable bonds is 14. The predicted molar refractivity (Wildman–Crippen MR) is 269 cm³/mol. The maximum Gasteiger partial charge on any atom is 0.247 e. The predicted octanol–water partition coefficient (Wildman–Crippen LogP) is 6.46. The zero-order chi connectivity index (χ0) is 49.8. The molecule has 9 rings (SSSR count). The number of hydrogen-bond donors (Lipinski definition) is 2. The second-order valence-electron chi connectivity index (χ2n) is 19.5. The maximum absolute atomic E-state index is 14.1. The summed E-state index contributed by atoms with van der Waals surface area (Å²) >= 11 is 0. The molecular formula is C55H63N9O7. The molecule has 4 fully saturated rings. The van der Waals surface area contributed by atoms with Crippen LogP contribution in [-0.2, 0) is 28.8 Å². The lowest BCUT2D eigenvalue weighted by molar-refractivity contribution is -0.148. The van der Waals surface area contributed by atoms with Gasteiger partial charge in [0.25, 0.3) is 0 Å². The van der Waals surface area contributed by atoms with E-state index < -0.39 is 36.3 Å². The Labute approximate surface area is 414 Å². The number of carbonyl (C=O) groups excluding carboxylic acids is 6. The first-order valence-electron chi connectivity index (χ1n) is 24.8. The molecule has 16 nitrogen and oxygen atoms in total. The largest absolute Gasteiger partial charge is 0.436 e. The van der Waals surface area contributed by atoms with Crippen LogP contribution in [0.4, 0.5) is 11.4 Å². The van der Waals surface area contributed by atoms with E-state index in [1.165, 1.54) is 0 Å². The van der Waals surface area contributed by atoms with Crippen LogP contribution in [0.1, 0.15) is 74.6 Å². The molecular weight excluding hydrogens is 899 g/mol. The highest BCUT2D eigenvalue weighted by atomic mass is 16.4. The van der Waals surface area contributed by atoms with Crippen LogP contribution in [0.5, 0.6) is 0 Å². The van der Waals surface area contributed by atoms with Gasteiger partial charge in [0.2, 0.25) is 41.3 Å². The van der Waals surface area contributed by atoms with E-state index in [9.17, 15) is 28.8 Å². The van der Waals surface area contributed by atoms with Gasteiger partial charge in [-0.2, -0.15) is 0 Å². The van der Waals surface area contributed by atoms with E-state index in [-0.39, 0.29) is 35.4 Å². The second-order valence-corrected chi connectivity index (χ2v) is 19.5. The van der Waals surface area contributed by atoms with Crippen molar-refractivity contribution in [2.24, 2.45) is 0 Å². The average molecular weight is 962 g/mol. The van der Waals surface area contributed by atoms with Crippen molar-refractivity contribution >= 4 is 46.8 Å². The highest BCUT2D eigenvalue weighted by molar-refractivity contribution is 6.00. The van der Waals surface area contributed by atoms with Crippen molar-refractivity contribution in [1.82, 2.24) is 34.4 Å². The van der Waals surface area contributed by atoms with Crippen molar-refractivity contribution in [1.29, 1.82) is 0 Å². The first-order chi connectivity index (χ1) is 34.4. The number of amides is 6. The summed E-state index contributed by atoms with van der Waals surface area (Å²) < 4.78 is 6.16. The number of hydrogen-bond acceptors (Lipinski definition) is 10. The van der Waals surface area contributed by atoms with Crippen molar-refractivity contribution in [3.63, 3.8) is 0 Å². The monoisotopic (exact) mass is 961 g/mol. The van der Waals surface area contributed by atoms with Crippen molar-refractivity contribution in [2.45, 2.75) is 87.6 Å². The van der Waals surface area contributed by atoms with Crippen LogP contribution in [0.15, 0.2) is 120 Å². The first kappa shape index (κ1) is 48.8. The Balaban J connectivity index is 0.783. The van der Waals surface area contributed by atoms with Crippen molar-refractivity contribution < 1.29 is 33.2 Å². The molecule has 4 aliphatic heterocycles. The van der Waals surface area contributed by atoms with Gasteiger partial charge in [0.15, 0.2) is 5.76 Å². The van der Waals surface area contributed by atoms with Crippen molar-refractivity contribution in [3.8, 4) is 22.8 Å². The molecule has 4 aromatic carbocycles. The molecule has 5 aromatic rings. The normalized spacial score (nSPS) is 20.9. The summed E-state index contributed by atoms with van der Waals surface area (Å²) in [5.41, 5.74) is 4.32. The number of benzene rings is 4. The summed E-state index contributed by atoms with van der Waals surface area (Å²) in [4.78, 5) is 98.6. The Morgan fingerprint density at radius 2 is 0.887 bits per heavy atom. The van der Waals surface area contributed by atoms with Gasteiger partial charge < -0.3 is 34.7 Å². The summed E-state index contributed by atoms with van der Waals surface area (Å²) in [5.74, 6) is -0.229. The molecule has 1 aromatic heterocycles. The molecule has 1 unspecified atom stereocenters. The van der Waals surface area contributed by atoms with Crippen LogP contribution in [0.25, 0.3) is 22.8 Å². The van der Waals surface area contributed by atoms with E-state index in [1.54, 1.807) is 50.1 Å². The highest BCUT2D eigenvalue weighted by Crippen LogP contribution is 2.33. The van der Waals surface area contributed by atoms with E-state index in [2.05, 4.69) is 15.6 Å². The number of likely N-dealkylation sites (N-methyl/N-ethyl adjacent to an activating group) is 2. The Kier molecular flexibility index (Phi) is 14.8. The van der Waals surface area contributed by atoms with Gasteiger partial charge in [0.05, 0.1) is 6.20 Å². The molecule has 370 valence electrons. The van der Waals surface area contributed by atoms with Gasteiger partial charge in [-0.25, -0.2) is 4.98 Å². The van der Waals surface area contributed by atoms with E-state index in [0.29, 0.717) is 93.3 Å². The van der Waals surface area contributed by atoms with Gasteiger partial charge in [-0.05, 0) is 139 Å². The van der Waals surface area contributed by atoms with Gasteiger partial charge in [-0.1, -0.05) is 60.7 Å². The zero-order valence-corrected chi connectivity index (χ0v) is 40.9.